The summed E-state index contributed by atoms with van der Waals surface area (Å²) in [7, 11) is 5.41. The van der Waals surface area contributed by atoms with E-state index in [1.54, 1.807) is 0 Å². The van der Waals surface area contributed by atoms with Gasteiger partial charge in [-0.05, 0) is 0 Å². The Labute approximate surface area is 128 Å². The van der Waals surface area contributed by atoms with E-state index in [-0.39, 0.29) is 12.5 Å². The minimum absolute atomic E-state index is 0.0221. The van der Waals surface area contributed by atoms with Gasteiger partial charge in [0.1, 0.15) is 31.0 Å². The van der Waals surface area contributed by atoms with Crippen molar-refractivity contribution in [2.75, 3.05) is 12.5 Å². The Balaban J connectivity index is 2.51. The molecule has 18 heavy (non-hydrogen) atoms. The number of aliphatic hydroxyl groups is 2. The lowest BCUT2D eigenvalue weighted by Gasteiger charge is -2.22. The Morgan fingerprint density at radius 1 is 1.28 bits per heavy atom. The van der Waals surface area contributed by atoms with Gasteiger partial charge in [-0.25, -0.2) is 0 Å². The van der Waals surface area contributed by atoms with Crippen molar-refractivity contribution in [3.63, 3.8) is 0 Å². The molecule has 0 aromatic carbocycles. The third-order valence-electron chi connectivity index (χ3n) is 2.20. The predicted octanol–water partition coefficient (Wildman–Crippen LogP) is 0.0466. The molecular formula is C6H13BO5P2S4. The minimum Gasteiger partial charge on any atom is -0.388 e. The van der Waals surface area contributed by atoms with Crippen molar-refractivity contribution in [3.8, 4) is 0 Å². The molecule has 1 rings (SSSR count). The summed E-state index contributed by atoms with van der Waals surface area (Å²) < 4.78 is 10.5. The van der Waals surface area contributed by atoms with E-state index in [9.17, 15) is 15.1 Å². The molecule has 3 N–H and O–H groups in total. The summed E-state index contributed by atoms with van der Waals surface area (Å²) in [5.41, 5.74) is -5.39. The molecule has 6 atom stereocenters. The molecule has 1 saturated heterocycles. The first-order valence-electron chi connectivity index (χ1n) is 4.80. The zero-order valence-electron chi connectivity index (χ0n) is 9.06. The molecule has 0 spiro atoms. The Kier molecular flexibility index (Phi) is 6.72. The molecule has 0 aliphatic carbocycles. The van der Waals surface area contributed by atoms with Gasteiger partial charge in [0, 0.05) is 6.00 Å². The monoisotopic (exact) mass is 366 g/mol. The molecule has 0 bridgehead atoms. The molecule has 1 heterocycles. The maximum Gasteiger partial charge on any atom is 0.124 e. The molecule has 12 heteroatoms. The maximum atomic E-state index is 9.60. The quantitative estimate of drug-likeness (QED) is 0.267. The van der Waals surface area contributed by atoms with Crippen LogP contribution in [0.4, 0.5) is 0 Å². The van der Waals surface area contributed by atoms with E-state index in [1.165, 1.54) is 0 Å². The molecule has 1 aliphatic rings. The largest absolute Gasteiger partial charge is 0.388 e. The molecule has 0 aromatic rings. The van der Waals surface area contributed by atoms with Gasteiger partial charge in [0.05, 0.1) is 18.6 Å². The molecule has 3 unspecified atom stereocenters. The highest BCUT2D eigenvalue weighted by Gasteiger charge is 2.40. The van der Waals surface area contributed by atoms with Gasteiger partial charge in [0.2, 0.25) is 0 Å². The molecule has 2 radical (unpaired) electrons. The molecule has 1 fully saturated rings. The zero-order valence-corrected chi connectivity index (χ0v) is 14.3. The van der Waals surface area contributed by atoms with Crippen LogP contribution < -0.4 is 0 Å². The number of thiol groups is 2. The van der Waals surface area contributed by atoms with Crippen LogP contribution >= 0.6 is 35.4 Å². The van der Waals surface area contributed by atoms with Crippen molar-refractivity contribution in [3.05, 3.63) is 0 Å². The lowest BCUT2D eigenvalue weighted by molar-refractivity contribution is 0.000127. The van der Waals surface area contributed by atoms with Crippen molar-refractivity contribution in [2.24, 2.45) is 0 Å². The zero-order chi connectivity index (χ0) is 14.1. The summed E-state index contributed by atoms with van der Waals surface area (Å²) in [5, 5.41) is 19.0. The van der Waals surface area contributed by atoms with Gasteiger partial charge in [-0.2, -0.15) is 0 Å². The van der Waals surface area contributed by atoms with Crippen LogP contribution in [0.25, 0.3) is 0 Å². The summed E-state index contributed by atoms with van der Waals surface area (Å²) in [6, 6.07) is -0.959. The minimum atomic E-state index is -2.79. The van der Waals surface area contributed by atoms with Crippen LogP contribution in [0.15, 0.2) is 0 Å². The van der Waals surface area contributed by atoms with Gasteiger partial charge in [0.25, 0.3) is 0 Å². The van der Waals surface area contributed by atoms with Crippen LogP contribution in [0.3, 0.4) is 0 Å². The van der Waals surface area contributed by atoms with E-state index in [1.807, 2.05) is 0 Å². The second-order valence-corrected chi connectivity index (χ2v) is 17.0. The van der Waals surface area contributed by atoms with Crippen molar-refractivity contribution < 1.29 is 24.4 Å². The van der Waals surface area contributed by atoms with Crippen LogP contribution in [0.2, 0.25) is 0 Å². The fourth-order valence-corrected chi connectivity index (χ4v) is 13.6. The van der Waals surface area contributed by atoms with E-state index in [0.29, 0.717) is 0 Å². The molecule has 0 aromatic heterocycles. The fraction of sp³-hybridized carbons (Fsp3) is 1.00. The van der Waals surface area contributed by atoms with E-state index < -0.39 is 35.2 Å². The number of ether oxygens (including phenoxy) is 1. The van der Waals surface area contributed by atoms with E-state index in [4.69, 9.17) is 40.7 Å². The average Bonchev–Trinajstić information content (AvgIpc) is 2.39. The topological polar surface area (TPSA) is 79.2 Å². The van der Waals surface area contributed by atoms with Crippen LogP contribution in [0.1, 0.15) is 0 Å². The molecule has 0 saturated carbocycles. The van der Waals surface area contributed by atoms with Crippen LogP contribution in [-0.2, 0) is 32.9 Å². The van der Waals surface area contributed by atoms with Gasteiger partial charge in [-0.1, -0.05) is 23.6 Å². The maximum absolute atomic E-state index is 9.60. The molecular weight excluding hydrogens is 353 g/mol. The first kappa shape index (κ1) is 17.9. The lowest BCUT2D eigenvalue weighted by Crippen LogP contribution is -2.34. The lowest BCUT2D eigenvalue weighted by atomic mass is 9.93. The SMILES string of the molecule is [B][C@@H]1O[C@H](COP(=S)(S)CP(O)(=S)S)C(O)[C@@H]1O. The van der Waals surface area contributed by atoms with Crippen molar-refractivity contribution in [2.45, 2.75) is 24.3 Å². The van der Waals surface area contributed by atoms with E-state index in [0.717, 1.165) is 0 Å². The number of rotatable bonds is 5. The first-order chi connectivity index (χ1) is 8.02. The van der Waals surface area contributed by atoms with Crippen LogP contribution in [0.5, 0.6) is 0 Å². The molecule has 104 valence electrons. The number of hydrogen-bond acceptors (Lipinski definition) is 6. The van der Waals surface area contributed by atoms with Crippen molar-refractivity contribution in [1.82, 2.24) is 0 Å². The van der Waals surface area contributed by atoms with Crippen LogP contribution in [0, 0.1) is 0 Å². The summed E-state index contributed by atoms with van der Waals surface area (Å²) in [6.45, 7) is -0.0736. The van der Waals surface area contributed by atoms with Gasteiger partial charge in [-0.3, -0.25) is 0 Å². The highest BCUT2D eigenvalue weighted by Crippen LogP contribution is 2.65. The van der Waals surface area contributed by atoms with Crippen molar-refractivity contribution in [1.29, 1.82) is 0 Å². The highest BCUT2D eigenvalue weighted by molar-refractivity contribution is 8.69. The van der Waals surface area contributed by atoms with Gasteiger partial charge < -0.3 is 24.4 Å². The van der Waals surface area contributed by atoms with Crippen LogP contribution in [-0.4, -0.2) is 59.8 Å². The first-order valence-corrected chi connectivity index (χ1v) is 12.9. The van der Waals surface area contributed by atoms with Gasteiger partial charge in [0.15, 0.2) is 0 Å². The van der Waals surface area contributed by atoms with E-state index in [2.05, 4.69) is 24.5 Å². The normalized spacial score (nSPS) is 39.2. The van der Waals surface area contributed by atoms with Crippen molar-refractivity contribution >= 4 is 66.9 Å². The fourth-order valence-electron chi connectivity index (χ4n) is 1.38. The Morgan fingerprint density at radius 2 is 1.83 bits per heavy atom. The Hall–Kier alpha value is 1.86. The van der Waals surface area contributed by atoms with Gasteiger partial charge >= 0.3 is 0 Å². The van der Waals surface area contributed by atoms with Gasteiger partial charge in [-0.15, -0.1) is 24.5 Å². The summed E-state index contributed by atoms with van der Waals surface area (Å²) in [5.74, 6) is 0.0221. The molecule has 5 nitrogen and oxygen atoms in total. The predicted molar refractivity (Wildman–Crippen MR) is 86.0 cm³/mol. The number of hydrogen-bond donors (Lipinski definition) is 5. The van der Waals surface area contributed by atoms with E-state index >= 15 is 0 Å². The summed E-state index contributed by atoms with van der Waals surface area (Å²) >= 11 is 17.9. The standard InChI is InChI=1S/C6H13BO5P2S4/c7-6-5(9)4(8)3(12-6)1-11-14(17,18)2-13(10,15)16/h3-6,8-9H,1-2H2,(H,17,18)(H2,10,15,16)/t3-,4?,5+,6-/m1/s1. The Morgan fingerprint density at radius 3 is 2.22 bits per heavy atom. The summed E-state index contributed by atoms with van der Waals surface area (Å²) in [6.07, 6.45) is -3.08. The number of aliphatic hydroxyl groups excluding tert-OH is 2. The smallest absolute Gasteiger partial charge is 0.124 e. The second kappa shape index (κ2) is 6.75. The molecule has 1 aliphatic heterocycles. The average molecular weight is 366 g/mol. The Bertz CT molecular complexity index is 392. The third-order valence-corrected chi connectivity index (χ3v) is 10.7. The third kappa shape index (κ3) is 5.70. The summed E-state index contributed by atoms with van der Waals surface area (Å²) in [4.78, 5) is 9.46. The highest BCUT2D eigenvalue weighted by atomic mass is 32.9. The molecule has 0 amide bonds. The second-order valence-electron chi connectivity index (χ2n) is 3.86.